The van der Waals surface area contributed by atoms with Crippen LogP contribution in [0.2, 0.25) is 0 Å². The molecule has 0 rings (SSSR count). The Kier molecular flexibility index (Phi) is 38.2. The zero-order valence-corrected chi connectivity index (χ0v) is 8.41. The number of rotatable bonds is 1. The van der Waals surface area contributed by atoms with Crippen LogP contribution >= 0.6 is 0 Å². The van der Waals surface area contributed by atoms with E-state index in [4.69, 9.17) is 5.41 Å². The molecule has 10 heavy (non-hydrogen) atoms. The number of hydrogen-bond donors (Lipinski definition) is 1. The van der Waals surface area contributed by atoms with Crippen molar-refractivity contribution in [2.45, 2.75) is 54.4 Å². The van der Waals surface area contributed by atoms with Gasteiger partial charge in [-0.3, -0.25) is 0 Å². The van der Waals surface area contributed by atoms with Crippen molar-refractivity contribution in [1.29, 1.82) is 5.41 Å². The van der Waals surface area contributed by atoms with Crippen LogP contribution in [-0.4, -0.2) is 5.71 Å². The van der Waals surface area contributed by atoms with E-state index in [-0.39, 0.29) is 0 Å². The van der Waals surface area contributed by atoms with Gasteiger partial charge in [0.25, 0.3) is 0 Å². The maximum atomic E-state index is 6.74. The Balaban J connectivity index is -0.0000000847. The van der Waals surface area contributed by atoms with Gasteiger partial charge in [0.2, 0.25) is 0 Å². The molecule has 1 heteroatoms. The summed E-state index contributed by atoms with van der Waals surface area (Å²) in [4.78, 5) is 0. The normalized spacial score (nSPS) is 6.20. The third kappa shape index (κ3) is 122. The summed E-state index contributed by atoms with van der Waals surface area (Å²) in [7, 11) is 0. The summed E-state index contributed by atoms with van der Waals surface area (Å²) in [5, 5.41) is 6.74. The van der Waals surface area contributed by atoms with E-state index < -0.39 is 0 Å². The van der Waals surface area contributed by atoms with E-state index in [1.54, 1.807) is 6.92 Å². The second-order valence-corrected chi connectivity index (χ2v) is 1.84. The third-order valence-corrected chi connectivity index (χ3v) is 0.530. The first-order valence-corrected chi connectivity index (χ1v) is 4.22. The van der Waals surface area contributed by atoms with Crippen LogP contribution < -0.4 is 0 Å². The molecule has 0 spiro atoms. The molecule has 0 atom stereocenters. The summed E-state index contributed by atoms with van der Waals surface area (Å²) in [6.45, 7) is 12.0. The van der Waals surface area contributed by atoms with Crippen LogP contribution in [0, 0.1) is 5.41 Å². The van der Waals surface area contributed by atoms with Crippen LogP contribution in [0.3, 0.4) is 0 Å². The third-order valence-electron chi connectivity index (χ3n) is 0.530. The summed E-state index contributed by atoms with van der Waals surface area (Å²) in [5.74, 6) is 0. The molecular weight excluding hydrogens is 122 g/mol. The molecule has 0 aliphatic heterocycles. The Labute approximate surface area is 66.4 Å². The number of nitrogens with one attached hydrogen (secondary N) is 1. The molecule has 1 N–H and O–H groups in total. The van der Waals surface area contributed by atoms with Gasteiger partial charge in [-0.15, -0.1) is 0 Å². The second kappa shape index (κ2) is 23.4. The molecular formula is C9H23N. The first kappa shape index (κ1) is 16.3. The monoisotopic (exact) mass is 145 g/mol. The van der Waals surface area contributed by atoms with Gasteiger partial charge in [-0.25, -0.2) is 0 Å². The first-order valence-electron chi connectivity index (χ1n) is 4.22. The van der Waals surface area contributed by atoms with Crippen molar-refractivity contribution in [3.8, 4) is 0 Å². The Hall–Kier alpha value is -0.330. The van der Waals surface area contributed by atoms with Crippen molar-refractivity contribution in [3.63, 3.8) is 0 Å². The topological polar surface area (TPSA) is 23.9 Å². The largest absolute Gasteiger partial charge is 0.310 e. The van der Waals surface area contributed by atoms with Crippen molar-refractivity contribution in [2.75, 3.05) is 0 Å². The fourth-order valence-electron chi connectivity index (χ4n) is 0. The summed E-state index contributed by atoms with van der Waals surface area (Å²) in [6, 6.07) is 0. The van der Waals surface area contributed by atoms with Crippen LogP contribution in [0.25, 0.3) is 0 Å². The lowest BCUT2D eigenvalue weighted by Crippen LogP contribution is -1.78. The van der Waals surface area contributed by atoms with Gasteiger partial charge in [-0.2, -0.15) is 0 Å². The van der Waals surface area contributed by atoms with E-state index in [1.807, 2.05) is 20.8 Å². The van der Waals surface area contributed by atoms with Gasteiger partial charge in [0, 0.05) is 5.71 Å². The van der Waals surface area contributed by atoms with Crippen LogP contribution in [0.1, 0.15) is 54.4 Å². The minimum atomic E-state index is 0.755. The summed E-state index contributed by atoms with van der Waals surface area (Å²) in [6.07, 6.45) is 2.14. The smallest absolute Gasteiger partial charge is 0.00554 e. The molecule has 0 saturated heterocycles. The minimum Gasteiger partial charge on any atom is -0.310 e. The predicted octanol–water partition coefficient (Wildman–Crippen LogP) is 3.88. The molecule has 0 amide bonds. The molecule has 1 nitrogen and oxygen atoms in total. The van der Waals surface area contributed by atoms with E-state index in [2.05, 4.69) is 13.8 Å². The molecule has 0 aliphatic rings. The summed E-state index contributed by atoms with van der Waals surface area (Å²) in [5.41, 5.74) is 0.755. The lowest BCUT2D eigenvalue weighted by molar-refractivity contribution is 1.09. The van der Waals surface area contributed by atoms with Gasteiger partial charge in [0.05, 0.1) is 0 Å². The van der Waals surface area contributed by atoms with Gasteiger partial charge in [-0.1, -0.05) is 41.0 Å². The van der Waals surface area contributed by atoms with Crippen molar-refractivity contribution in [3.05, 3.63) is 0 Å². The van der Waals surface area contributed by atoms with Crippen molar-refractivity contribution >= 4 is 5.71 Å². The van der Waals surface area contributed by atoms with Gasteiger partial charge >= 0.3 is 0 Å². The molecule has 0 aromatic heterocycles. The predicted molar refractivity (Wildman–Crippen MR) is 51.0 cm³/mol. The molecule has 0 bridgehead atoms. The van der Waals surface area contributed by atoms with Crippen molar-refractivity contribution in [2.24, 2.45) is 0 Å². The summed E-state index contributed by atoms with van der Waals surface area (Å²) >= 11 is 0. The molecule has 0 saturated carbocycles. The molecule has 0 aromatic carbocycles. The first-order chi connectivity index (χ1) is 4.68. The Morgan fingerprint density at radius 2 is 1.20 bits per heavy atom. The average molecular weight is 145 g/mol. The standard InChI is InChI=1S/C4H9N.C3H8.C2H6/c1-3-4(2)5;1-3-2;1-2/h5H,3H2,1-2H3;3H2,1-2H3;1-2H3. The lowest BCUT2D eigenvalue weighted by Gasteiger charge is -1.77. The highest BCUT2D eigenvalue weighted by Gasteiger charge is 1.70. The highest BCUT2D eigenvalue weighted by atomic mass is 14.4. The molecule has 0 aliphatic carbocycles. The average Bonchev–Trinajstić information content (AvgIpc) is 1.94. The van der Waals surface area contributed by atoms with Gasteiger partial charge < -0.3 is 5.41 Å². The SMILES string of the molecule is CC.CCC.CCC(C)=N. The van der Waals surface area contributed by atoms with Crippen LogP contribution in [0.15, 0.2) is 0 Å². The molecule has 0 radical (unpaired) electrons. The molecule has 0 fully saturated rings. The molecule has 0 aromatic rings. The van der Waals surface area contributed by atoms with E-state index >= 15 is 0 Å². The molecule has 0 unspecified atom stereocenters. The van der Waals surface area contributed by atoms with Gasteiger partial charge in [-0.05, 0) is 13.3 Å². The highest BCUT2D eigenvalue weighted by molar-refractivity contribution is 5.77. The van der Waals surface area contributed by atoms with E-state index in [9.17, 15) is 0 Å². The quantitative estimate of drug-likeness (QED) is 0.541. The fourth-order valence-corrected chi connectivity index (χ4v) is 0. The van der Waals surface area contributed by atoms with E-state index in [0.717, 1.165) is 12.1 Å². The Morgan fingerprint density at radius 3 is 1.20 bits per heavy atom. The summed E-state index contributed by atoms with van der Waals surface area (Å²) < 4.78 is 0. The lowest BCUT2D eigenvalue weighted by atomic mass is 10.3. The van der Waals surface area contributed by atoms with Gasteiger partial charge in [0.15, 0.2) is 0 Å². The molecule has 0 heterocycles. The van der Waals surface area contributed by atoms with Crippen molar-refractivity contribution in [1.82, 2.24) is 0 Å². The minimum absolute atomic E-state index is 0.755. The number of hydrogen-bond acceptors (Lipinski definition) is 1. The van der Waals surface area contributed by atoms with Crippen LogP contribution in [0.4, 0.5) is 0 Å². The maximum absolute atomic E-state index is 6.74. The zero-order valence-electron chi connectivity index (χ0n) is 8.41. The van der Waals surface area contributed by atoms with Crippen molar-refractivity contribution < 1.29 is 0 Å². The fraction of sp³-hybridized carbons (Fsp3) is 0.889. The van der Waals surface area contributed by atoms with E-state index in [0.29, 0.717) is 0 Å². The highest BCUT2D eigenvalue weighted by Crippen LogP contribution is 1.72. The second-order valence-electron chi connectivity index (χ2n) is 1.84. The Morgan fingerprint density at radius 1 is 1.10 bits per heavy atom. The van der Waals surface area contributed by atoms with Gasteiger partial charge in [0.1, 0.15) is 0 Å². The molecule has 64 valence electrons. The maximum Gasteiger partial charge on any atom is 0.00554 e. The zero-order chi connectivity index (χ0) is 8.99. The van der Waals surface area contributed by atoms with E-state index in [1.165, 1.54) is 6.42 Å². The van der Waals surface area contributed by atoms with Crippen LogP contribution in [0.5, 0.6) is 0 Å². The van der Waals surface area contributed by atoms with Crippen LogP contribution in [-0.2, 0) is 0 Å². The Bertz CT molecular complexity index is 48.7.